The number of hydrogen-bond acceptors (Lipinski definition) is 7. The summed E-state index contributed by atoms with van der Waals surface area (Å²) in [7, 11) is 1.33. The molecule has 7 heteroatoms. The molecule has 1 heterocycles. The van der Waals surface area contributed by atoms with Crippen LogP contribution in [0, 0.1) is 0 Å². The van der Waals surface area contributed by atoms with Crippen LogP contribution < -0.4 is 0 Å². The zero-order valence-electron chi connectivity index (χ0n) is 14.8. The molecule has 140 valence electrons. The maximum Gasteiger partial charge on any atom is 0.338 e. The Kier molecular flexibility index (Phi) is 6.95. The summed E-state index contributed by atoms with van der Waals surface area (Å²) in [6.45, 7) is 0.953. The van der Waals surface area contributed by atoms with Gasteiger partial charge < -0.3 is 9.47 Å². The number of aliphatic imine (C=N–C) groups is 1. The van der Waals surface area contributed by atoms with Gasteiger partial charge in [-0.2, -0.15) is 0 Å². The number of methoxy groups -OCH3 is 1. The topological polar surface area (TPSA) is 65.0 Å². The number of thioether (sulfide) groups is 2. The van der Waals surface area contributed by atoms with Gasteiger partial charge in [-0.25, -0.2) is 9.59 Å². The second kappa shape index (κ2) is 9.62. The molecule has 2 aromatic carbocycles. The number of carbonyl (C=O) groups is 2. The lowest BCUT2D eigenvalue weighted by Gasteiger charge is -2.10. The minimum Gasteiger partial charge on any atom is -0.465 e. The van der Waals surface area contributed by atoms with Crippen LogP contribution in [-0.4, -0.2) is 35.7 Å². The van der Waals surface area contributed by atoms with E-state index in [4.69, 9.17) is 9.47 Å². The molecule has 0 saturated carbocycles. The Morgan fingerprint density at radius 1 is 1.15 bits per heavy atom. The molecular formula is C20H19NO4S2. The van der Waals surface area contributed by atoms with Gasteiger partial charge in [0, 0.05) is 11.5 Å². The van der Waals surface area contributed by atoms with E-state index in [1.165, 1.54) is 7.11 Å². The maximum absolute atomic E-state index is 12.6. The van der Waals surface area contributed by atoms with E-state index < -0.39 is 5.97 Å². The van der Waals surface area contributed by atoms with E-state index in [1.54, 1.807) is 53.9 Å². The Bertz CT molecular complexity index is 867. The summed E-state index contributed by atoms with van der Waals surface area (Å²) in [6.07, 6.45) is 0. The van der Waals surface area contributed by atoms with Crippen molar-refractivity contribution < 1.29 is 19.1 Å². The van der Waals surface area contributed by atoms with Crippen molar-refractivity contribution in [3.05, 3.63) is 70.8 Å². The first-order valence-electron chi connectivity index (χ1n) is 8.39. The Hall–Kier alpha value is -2.25. The monoisotopic (exact) mass is 401 g/mol. The average molecular weight is 402 g/mol. The fraction of sp³-hybridized carbons (Fsp3) is 0.250. The summed E-state index contributed by atoms with van der Waals surface area (Å²) in [5, 5.41) is 0. The molecule has 0 fully saturated rings. The molecule has 2 aromatic rings. The van der Waals surface area contributed by atoms with E-state index in [0.717, 1.165) is 27.8 Å². The molecule has 0 unspecified atom stereocenters. The Labute approximate surface area is 166 Å². The van der Waals surface area contributed by atoms with Crippen LogP contribution in [0.15, 0.2) is 53.5 Å². The quantitative estimate of drug-likeness (QED) is 0.677. The smallest absolute Gasteiger partial charge is 0.338 e. The molecular weight excluding hydrogens is 382 g/mol. The minimum atomic E-state index is -0.418. The molecule has 0 amide bonds. The van der Waals surface area contributed by atoms with Gasteiger partial charge in [0.1, 0.15) is 11.0 Å². The molecule has 0 saturated heterocycles. The van der Waals surface area contributed by atoms with E-state index in [-0.39, 0.29) is 12.6 Å². The predicted octanol–water partition coefficient (Wildman–Crippen LogP) is 4.17. The first-order valence-corrected chi connectivity index (χ1v) is 10.4. The van der Waals surface area contributed by atoms with E-state index in [0.29, 0.717) is 16.9 Å². The lowest BCUT2D eigenvalue weighted by molar-refractivity contribution is 0.0471. The van der Waals surface area contributed by atoms with Gasteiger partial charge >= 0.3 is 11.9 Å². The van der Waals surface area contributed by atoms with Gasteiger partial charge in [0.2, 0.25) is 0 Å². The number of ether oxygens (including phenoxy) is 2. The molecule has 0 atom stereocenters. The number of rotatable bonds is 6. The highest BCUT2D eigenvalue weighted by molar-refractivity contribution is 8.38. The van der Waals surface area contributed by atoms with Gasteiger partial charge in [0.25, 0.3) is 0 Å². The second-order valence-electron chi connectivity index (χ2n) is 5.71. The van der Waals surface area contributed by atoms with Crippen LogP contribution in [0.25, 0.3) is 0 Å². The third-order valence-electron chi connectivity index (χ3n) is 3.86. The van der Waals surface area contributed by atoms with Gasteiger partial charge in [-0.1, -0.05) is 53.9 Å². The number of nitrogens with zero attached hydrogens (tertiary/aromatic N) is 1. The number of benzene rings is 2. The molecule has 1 aliphatic heterocycles. The van der Waals surface area contributed by atoms with E-state index in [9.17, 15) is 9.59 Å². The van der Waals surface area contributed by atoms with Crippen molar-refractivity contribution in [1.29, 1.82) is 0 Å². The molecule has 0 aromatic heterocycles. The number of esters is 2. The summed E-state index contributed by atoms with van der Waals surface area (Å²) in [5.41, 5.74) is 2.64. The molecule has 0 aliphatic carbocycles. The summed E-state index contributed by atoms with van der Waals surface area (Å²) in [5.74, 6) is 0.903. The standard InChI is InChI=1S/C20H19NO4S2/c1-24-18(22)15-7-4-5-14(11-15)12-25-19(23)17-8-3-2-6-16(17)13-27-20-21-9-10-26-20/h2-8,11H,9-10,12-13H2,1H3. The molecule has 5 nitrogen and oxygen atoms in total. The van der Waals surface area contributed by atoms with Crippen LogP contribution in [0.2, 0.25) is 0 Å². The molecule has 0 radical (unpaired) electrons. The molecule has 1 aliphatic rings. The first kappa shape index (κ1) is 19.5. The SMILES string of the molecule is COC(=O)c1cccc(COC(=O)c2ccccc2CSC2=NCCS2)c1. The highest BCUT2D eigenvalue weighted by Gasteiger charge is 2.15. The normalized spacial score (nSPS) is 13.1. The molecule has 0 N–H and O–H groups in total. The summed E-state index contributed by atoms with van der Waals surface area (Å²) >= 11 is 3.39. The predicted molar refractivity (Wildman–Crippen MR) is 109 cm³/mol. The van der Waals surface area contributed by atoms with Crippen molar-refractivity contribution in [3.63, 3.8) is 0 Å². The molecule has 27 heavy (non-hydrogen) atoms. The van der Waals surface area contributed by atoms with Crippen LogP contribution in [0.5, 0.6) is 0 Å². The second-order valence-corrected chi connectivity index (χ2v) is 8.02. The van der Waals surface area contributed by atoms with E-state index in [1.807, 2.05) is 18.2 Å². The fourth-order valence-corrected chi connectivity index (χ4v) is 4.53. The minimum absolute atomic E-state index is 0.0910. The zero-order valence-corrected chi connectivity index (χ0v) is 16.5. The Balaban J connectivity index is 1.63. The van der Waals surface area contributed by atoms with Crippen LogP contribution in [0.4, 0.5) is 0 Å². The Morgan fingerprint density at radius 2 is 2.00 bits per heavy atom. The van der Waals surface area contributed by atoms with Crippen LogP contribution >= 0.6 is 23.5 Å². The average Bonchev–Trinajstić information content (AvgIpc) is 3.24. The van der Waals surface area contributed by atoms with Crippen molar-refractivity contribution in [3.8, 4) is 0 Å². The number of hydrogen-bond donors (Lipinski definition) is 0. The van der Waals surface area contributed by atoms with E-state index >= 15 is 0 Å². The van der Waals surface area contributed by atoms with Gasteiger partial charge in [0.05, 0.1) is 24.8 Å². The summed E-state index contributed by atoms with van der Waals surface area (Å²) in [6, 6.07) is 14.3. The van der Waals surface area contributed by atoms with Gasteiger partial charge in [-0.05, 0) is 29.3 Å². The van der Waals surface area contributed by atoms with Crippen molar-refractivity contribution >= 4 is 39.8 Å². The summed E-state index contributed by atoms with van der Waals surface area (Å²) in [4.78, 5) is 28.6. The van der Waals surface area contributed by atoms with Crippen molar-refractivity contribution in [2.45, 2.75) is 12.4 Å². The van der Waals surface area contributed by atoms with Gasteiger partial charge in [-0.15, -0.1) is 0 Å². The maximum atomic E-state index is 12.6. The lowest BCUT2D eigenvalue weighted by atomic mass is 10.1. The third kappa shape index (κ3) is 5.37. The highest BCUT2D eigenvalue weighted by atomic mass is 32.2. The van der Waals surface area contributed by atoms with Crippen molar-refractivity contribution in [2.75, 3.05) is 19.4 Å². The first-order chi connectivity index (χ1) is 13.2. The lowest BCUT2D eigenvalue weighted by Crippen LogP contribution is -2.09. The van der Waals surface area contributed by atoms with Crippen LogP contribution in [0.3, 0.4) is 0 Å². The third-order valence-corrected chi connectivity index (χ3v) is 6.17. The van der Waals surface area contributed by atoms with Gasteiger partial charge in [0.15, 0.2) is 0 Å². The highest BCUT2D eigenvalue weighted by Crippen LogP contribution is 2.26. The van der Waals surface area contributed by atoms with E-state index in [2.05, 4.69) is 4.99 Å². The fourth-order valence-electron chi connectivity index (χ4n) is 2.52. The largest absolute Gasteiger partial charge is 0.465 e. The summed E-state index contributed by atoms with van der Waals surface area (Å²) < 4.78 is 11.2. The molecule has 0 bridgehead atoms. The number of carbonyl (C=O) groups excluding carboxylic acids is 2. The molecule has 0 spiro atoms. The van der Waals surface area contributed by atoms with Gasteiger partial charge in [-0.3, -0.25) is 4.99 Å². The van der Waals surface area contributed by atoms with Crippen LogP contribution in [0.1, 0.15) is 31.8 Å². The molecule has 3 rings (SSSR count). The Morgan fingerprint density at radius 3 is 2.78 bits per heavy atom. The van der Waals surface area contributed by atoms with Crippen molar-refractivity contribution in [1.82, 2.24) is 0 Å². The zero-order chi connectivity index (χ0) is 19.1. The van der Waals surface area contributed by atoms with Crippen LogP contribution in [-0.2, 0) is 21.8 Å². The van der Waals surface area contributed by atoms with Crippen molar-refractivity contribution in [2.24, 2.45) is 4.99 Å².